The van der Waals surface area contributed by atoms with Crippen molar-refractivity contribution in [1.82, 2.24) is 34.4 Å². The van der Waals surface area contributed by atoms with E-state index in [-0.39, 0.29) is 17.7 Å². The molecule has 214 valence electrons. The minimum Gasteiger partial charge on any atom is -0.390 e. The van der Waals surface area contributed by atoms with E-state index in [1.165, 1.54) is 11.9 Å². The van der Waals surface area contributed by atoms with Crippen LogP contribution in [0.15, 0.2) is 30.9 Å². The summed E-state index contributed by atoms with van der Waals surface area (Å²) in [5.41, 5.74) is 10.1. The molecule has 1 saturated heterocycles. The molecule has 2 unspecified atom stereocenters. The smallest absolute Gasteiger partial charge is 0.167 e. The highest BCUT2D eigenvalue weighted by Crippen LogP contribution is 2.41. The fourth-order valence-corrected chi connectivity index (χ4v) is 6.38. The van der Waals surface area contributed by atoms with Gasteiger partial charge in [-0.2, -0.15) is 0 Å². The van der Waals surface area contributed by atoms with Crippen molar-refractivity contribution in [3.05, 3.63) is 42.2 Å². The van der Waals surface area contributed by atoms with Crippen LogP contribution in [0.3, 0.4) is 0 Å². The van der Waals surface area contributed by atoms with E-state index in [0.717, 1.165) is 55.5 Å². The first kappa shape index (κ1) is 27.1. The standard InChI is InChI=1S/C30H42N8O2/c1-18(2)37(15-21-7-9-25(40-21)38-17-34-26-27(31)32-16-33-28(26)38)20-13-30(39,14-20)11-10-24-35-22-8-6-19(29(3,4)5)12-23(22)36-24/h6,8,12,16-18,20-21,25,39H,7,9-11,13-15H2,1-5H3,(H,35,36)(H2,31,32,33). The maximum Gasteiger partial charge on any atom is 0.167 e. The molecule has 0 radical (unpaired) electrons. The van der Waals surface area contributed by atoms with Gasteiger partial charge < -0.3 is 20.6 Å². The lowest BCUT2D eigenvalue weighted by molar-refractivity contribution is -0.114. The largest absolute Gasteiger partial charge is 0.390 e. The van der Waals surface area contributed by atoms with Gasteiger partial charge in [0.2, 0.25) is 0 Å². The minimum atomic E-state index is -0.651. The maximum atomic E-state index is 11.3. The third kappa shape index (κ3) is 5.20. The zero-order valence-electron chi connectivity index (χ0n) is 24.3. The highest BCUT2D eigenvalue weighted by atomic mass is 16.5. The number of aryl methyl sites for hydroxylation is 1. The van der Waals surface area contributed by atoms with Gasteiger partial charge in [0, 0.05) is 25.0 Å². The summed E-state index contributed by atoms with van der Waals surface area (Å²) < 4.78 is 8.44. The minimum absolute atomic E-state index is 0.0969. The molecule has 10 heteroatoms. The summed E-state index contributed by atoms with van der Waals surface area (Å²) in [4.78, 5) is 23.6. The summed E-state index contributed by atoms with van der Waals surface area (Å²) >= 11 is 0. The number of rotatable bonds is 8. The average Bonchev–Trinajstić information content (AvgIpc) is 3.61. The van der Waals surface area contributed by atoms with E-state index < -0.39 is 5.60 Å². The van der Waals surface area contributed by atoms with E-state index >= 15 is 0 Å². The number of nitrogen functional groups attached to an aromatic ring is 1. The number of H-pyrrole nitrogens is 1. The zero-order chi connectivity index (χ0) is 28.2. The molecule has 1 aliphatic heterocycles. The Morgan fingerprint density at radius 3 is 2.75 bits per heavy atom. The molecule has 10 nitrogen and oxygen atoms in total. The Bertz CT molecular complexity index is 1500. The number of aromatic nitrogens is 6. The van der Waals surface area contributed by atoms with Gasteiger partial charge in [-0.3, -0.25) is 9.47 Å². The van der Waals surface area contributed by atoms with Crippen LogP contribution in [0.2, 0.25) is 0 Å². The first-order valence-corrected chi connectivity index (χ1v) is 14.5. The second kappa shape index (κ2) is 10.1. The Morgan fingerprint density at radius 1 is 1.20 bits per heavy atom. The molecule has 4 aromatic rings. The monoisotopic (exact) mass is 546 g/mol. The third-order valence-electron chi connectivity index (χ3n) is 8.78. The zero-order valence-corrected chi connectivity index (χ0v) is 24.3. The van der Waals surface area contributed by atoms with Gasteiger partial charge >= 0.3 is 0 Å². The number of nitrogens with two attached hydrogens (primary N) is 1. The molecule has 0 spiro atoms. The van der Waals surface area contributed by atoms with Crippen molar-refractivity contribution in [3.8, 4) is 0 Å². The number of ether oxygens (including phenoxy) is 1. The van der Waals surface area contributed by atoms with Gasteiger partial charge in [0.15, 0.2) is 11.5 Å². The number of fused-ring (bicyclic) bond motifs is 2. The normalized spacial score (nSPS) is 25.4. The predicted octanol–water partition coefficient (Wildman–Crippen LogP) is 4.50. The lowest BCUT2D eigenvalue weighted by atomic mass is 9.71. The summed E-state index contributed by atoms with van der Waals surface area (Å²) in [5, 5.41) is 11.3. The van der Waals surface area contributed by atoms with Crippen LogP contribution in [0.1, 0.15) is 84.3 Å². The van der Waals surface area contributed by atoms with E-state index in [2.05, 4.69) is 77.7 Å². The van der Waals surface area contributed by atoms with E-state index in [1.54, 1.807) is 6.33 Å². The first-order valence-electron chi connectivity index (χ1n) is 14.5. The molecule has 3 aromatic heterocycles. The fraction of sp³-hybridized carbons (Fsp3) is 0.600. The summed E-state index contributed by atoms with van der Waals surface area (Å²) in [6, 6.07) is 7.17. The second-order valence-electron chi connectivity index (χ2n) is 13.1. The topological polar surface area (TPSA) is 131 Å². The maximum absolute atomic E-state index is 11.3. The van der Waals surface area contributed by atoms with Crippen molar-refractivity contribution in [1.29, 1.82) is 0 Å². The SMILES string of the molecule is CC(C)N(CC1CCC(n2cnc3c(N)ncnc32)O1)C1CC(O)(CCc2nc3ccc(C(C)(C)C)cc3[nH]2)C1. The Hall–Kier alpha value is -3.08. The summed E-state index contributed by atoms with van der Waals surface area (Å²) in [6.45, 7) is 12.0. The van der Waals surface area contributed by atoms with Gasteiger partial charge in [-0.05, 0) is 69.1 Å². The summed E-state index contributed by atoms with van der Waals surface area (Å²) in [5.74, 6) is 1.33. The van der Waals surface area contributed by atoms with Crippen molar-refractivity contribution in [2.45, 2.75) is 109 Å². The molecule has 6 rings (SSSR count). The molecule has 2 fully saturated rings. The number of hydrogen-bond acceptors (Lipinski definition) is 8. The lowest BCUT2D eigenvalue weighted by Gasteiger charge is -2.50. The van der Waals surface area contributed by atoms with Crippen LogP contribution in [-0.2, 0) is 16.6 Å². The molecule has 1 aliphatic carbocycles. The number of imidazole rings is 2. The van der Waals surface area contributed by atoms with Crippen LogP contribution < -0.4 is 5.73 Å². The van der Waals surface area contributed by atoms with E-state index in [1.807, 2.05) is 4.57 Å². The van der Waals surface area contributed by atoms with Crippen molar-refractivity contribution in [2.75, 3.05) is 12.3 Å². The van der Waals surface area contributed by atoms with Crippen LogP contribution in [0.5, 0.6) is 0 Å². The number of aliphatic hydroxyl groups is 1. The summed E-state index contributed by atoms with van der Waals surface area (Å²) in [7, 11) is 0. The predicted molar refractivity (Wildman–Crippen MR) is 156 cm³/mol. The molecule has 1 aromatic carbocycles. The highest BCUT2D eigenvalue weighted by molar-refractivity contribution is 5.81. The van der Waals surface area contributed by atoms with Crippen molar-refractivity contribution >= 4 is 28.0 Å². The van der Waals surface area contributed by atoms with Crippen molar-refractivity contribution in [2.24, 2.45) is 0 Å². The highest BCUT2D eigenvalue weighted by Gasteiger charge is 2.46. The number of benzene rings is 1. The Kier molecular flexibility index (Phi) is 6.83. The number of nitrogens with zero attached hydrogens (tertiary/aromatic N) is 6. The quantitative estimate of drug-likeness (QED) is 0.295. The summed E-state index contributed by atoms with van der Waals surface area (Å²) in [6.07, 6.45) is 8.09. The molecular formula is C30H42N8O2. The lowest BCUT2D eigenvalue weighted by Crippen LogP contribution is -2.58. The van der Waals surface area contributed by atoms with Crippen molar-refractivity contribution in [3.63, 3.8) is 0 Å². The van der Waals surface area contributed by atoms with Crippen molar-refractivity contribution < 1.29 is 9.84 Å². The van der Waals surface area contributed by atoms with E-state index in [9.17, 15) is 5.11 Å². The first-order chi connectivity index (χ1) is 19.0. The molecular weight excluding hydrogens is 504 g/mol. The number of anilines is 1. The van der Waals surface area contributed by atoms with Gasteiger partial charge in [0.25, 0.3) is 0 Å². The van der Waals surface area contributed by atoms with Gasteiger partial charge in [0.1, 0.15) is 23.9 Å². The van der Waals surface area contributed by atoms with Crippen LogP contribution >= 0.6 is 0 Å². The Labute approximate surface area is 235 Å². The number of hydrogen-bond donors (Lipinski definition) is 3. The molecule has 2 aliphatic rings. The van der Waals surface area contributed by atoms with Crippen LogP contribution in [0.4, 0.5) is 5.82 Å². The molecule has 4 heterocycles. The number of nitrogens with one attached hydrogen (secondary N) is 1. The molecule has 2 atom stereocenters. The Balaban J connectivity index is 1.04. The van der Waals surface area contributed by atoms with Gasteiger partial charge in [-0.25, -0.2) is 19.9 Å². The van der Waals surface area contributed by atoms with Gasteiger partial charge in [0.05, 0.1) is 29.1 Å². The van der Waals surface area contributed by atoms with E-state index in [0.29, 0.717) is 35.5 Å². The third-order valence-corrected chi connectivity index (χ3v) is 8.78. The second-order valence-corrected chi connectivity index (χ2v) is 13.1. The molecule has 4 N–H and O–H groups in total. The fourth-order valence-electron chi connectivity index (χ4n) is 6.38. The van der Waals surface area contributed by atoms with Gasteiger partial charge in [-0.1, -0.05) is 26.8 Å². The average molecular weight is 547 g/mol. The Morgan fingerprint density at radius 2 is 2.00 bits per heavy atom. The number of aromatic amines is 1. The van der Waals surface area contributed by atoms with E-state index in [4.69, 9.17) is 15.5 Å². The van der Waals surface area contributed by atoms with Crippen LogP contribution in [-0.4, -0.2) is 69.8 Å². The van der Waals surface area contributed by atoms with Crippen LogP contribution in [0.25, 0.3) is 22.2 Å². The van der Waals surface area contributed by atoms with Gasteiger partial charge in [-0.15, -0.1) is 0 Å². The molecule has 40 heavy (non-hydrogen) atoms. The molecule has 0 bridgehead atoms. The molecule has 1 saturated carbocycles. The molecule has 0 amide bonds. The van der Waals surface area contributed by atoms with Crippen LogP contribution in [0, 0.1) is 0 Å².